The predicted molar refractivity (Wildman–Crippen MR) is 98.0 cm³/mol. The van der Waals surface area contributed by atoms with Crippen LogP contribution in [0.2, 0.25) is 0 Å². The predicted octanol–water partition coefficient (Wildman–Crippen LogP) is 3.25. The summed E-state index contributed by atoms with van der Waals surface area (Å²) >= 11 is 0. The normalized spacial score (nSPS) is 13.1. The van der Waals surface area contributed by atoms with Gasteiger partial charge in [-0.2, -0.15) is 0 Å². The van der Waals surface area contributed by atoms with Gasteiger partial charge in [-0.05, 0) is 48.7 Å². The SMILES string of the molecule is COC(=O)c1ccc(NC(=O)CCN2CCCc3ccccc32)cc1. The van der Waals surface area contributed by atoms with Gasteiger partial charge in [-0.15, -0.1) is 0 Å². The van der Waals surface area contributed by atoms with E-state index in [0.29, 0.717) is 24.2 Å². The number of ether oxygens (including phenoxy) is 1. The summed E-state index contributed by atoms with van der Waals surface area (Å²) in [6.07, 6.45) is 2.64. The van der Waals surface area contributed by atoms with Crippen molar-refractivity contribution in [2.45, 2.75) is 19.3 Å². The lowest BCUT2D eigenvalue weighted by Gasteiger charge is -2.31. The first kappa shape index (κ1) is 17.0. The number of anilines is 2. The molecule has 0 aromatic heterocycles. The molecule has 5 nitrogen and oxygen atoms in total. The summed E-state index contributed by atoms with van der Waals surface area (Å²) < 4.78 is 4.66. The maximum absolute atomic E-state index is 12.2. The van der Waals surface area contributed by atoms with Gasteiger partial charge in [-0.25, -0.2) is 4.79 Å². The van der Waals surface area contributed by atoms with Crippen molar-refractivity contribution in [1.29, 1.82) is 0 Å². The molecule has 0 unspecified atom stereocenters. The summed E-state index contributed by atoms with van der Waals surface area (Å²) in [5.74, 6) is -0.421. The van der Waals surface area contributed by atoms with Gasteiger partial charge in [0.05, 0.1) is 12.7 Å². The molecule has 0 radical (unpaired) electrons. The Labute approximate surface area is 147 Å². The van der Waals surface area contributed by atoms with Gasteiger partial charge in [-0.3, -0.25) is 4.79 Å². The van der Waals surface area contributed by atoms with Crippen LogP contribution in [0.3, 0.4) is 0 Å². The van der Waals surface area contributed by atoms with Gasteiger partial charge in [0.2, 0.25) is 5.91 Å². The van der Waals surface area contributed by atoms with E-state index in [2.05, 4.69) is 33.2 Å². The fourth-order valence-corrected chi connectivity index (χ4v) is 3.11. The number of carbonyl (C=O) groups is 2. The van der Waals surface area contributed by atoms with Crippen molar-refractivity contribution >= 4 is 23.3 Å². The Morgan fingerprint density at radius 1 is 1.12 bits per heavy atom. The number of rotatable bonds is 5. The Morgan fingerprint density at radius 3 is 2.64 bits per heavy atom. The molecule has 1 N–H and O–H groups in total. The van der Waals surface area contributed by atoms with Gasteiger partial charge in [0.15, 0.2) is 0 Å². The molecule has 0 atom stereocenters. The second-order valence-corrected chi connectivity index (χ2v) is 6.09. The molecule has 5 heteroatoms. The lowest BCUT2D eigenvalue weighted by atomic mass is 10.0. The number of para-hydroxylation sites is 1. The van der Waals surface area contributed by atoms with Crippen molar-refractivity contribution in [3.8, 4) is 0 Å². The zero-order valence-corrected chi connectivity index (χ0v) is 14.3. The van der Waals surface area contributed by atoms with Crippen molar-refractivity contribution in [3.63, 3.8) is 0 Å². The zero-order chi connectivity index (χ0) is 17.6. The Hall–Kier alpha value is -2.82. The molecule has 1 aliphatic heterocycles. The van der Waals surface area contributed by atoms with Crippen LogP contribution in [0.1, 0.15) is 28.8 Å². The molecular formula is C20H22N2O3. The number of hydrogen-bond donors (Lipinski definition) is 1. The van der Waals surface area contributed by atoms with Gasteiger partial charge in [-0.1, -0.05) is 18.2 Å². The number of benzene rings is 2. The molecule has 25 heavy (non-hydrogen) atoms. The van der Waals surface area contributed by atoms with Crippen molar-refractivity contribution in [3.05, 3.63) is 59.7 Å². The van der Waals surface area contributed by atoms with Crippen LogP contribution in [0.4, 0.5) is 11.4 Å². The second kappa shape index (κ2) is 7.83. The van der Waals surface area contributed by atoms with Crippen molar-refractivity contribution < 1.29 is 14.3 Å². The van der Waals surface area contributed by atoms with E-state index < -0.39 is 0 Å². The van der Waals surface area contributed by atoms with E-state index in [-0.39, 0.29) is 11.9 Å². The van der Waals surface area contributed by atoms with Crippen LogP contribution in [-0.4, -0.2) is 32.1 Å². The summed E-state index contributed by atoms with van der Waals surface area (Å²) in [4.78, 5) is 25.9. The van der Waals surface area contributed by atoms with Crippen LogP contribution < -0.4 is 10.2 Å². The summed E-state index contributed by atoms with van der Waals surface area (Å²) in [5, 5.41) is 2.87. The quantitative estimate of drug-likeness (QED) is 0.850. The van der Waals surface area contributed by atoms with Crippen molar-refractivity contribution in [2.75, 3.05) is 30.4 Å². The summed E-state index contributed by atoms with van der Waals surface area (Å²) in [6, 6.07) is 15.1. The maximum Gasteiger partial charge on any atom is 0.337 e. The number of nitrogens with zero attached hydrogens (tertiary/aromatic N) is 1. The Kier molecular flexibility index (Phi) is 5.33. The largest absolute Gasteiger partial charge is 0.465 e. The number of esters is 1. The van der Waals surface area contributed by atoms with Crippen LogP contribution >= 0.6 is 0 Å². The van der Waals surface area contributed by atoms with Crippen LogP contribution in [0.5, 0.6) is 0 Å². The van der Waals surface area contributed by atoms with Crippen LogP contribution in [0.15, 0.2) is 48.5 Å². The molecule has 1 heterocycles. The third kappa shape index (κ3) is 4.18. The fraction of sp³-hybridized carbons (Fsp3) is 0.300. The first-order valence-electron chi connectivity index (χ1n) is 8.48. The standard InChI is InChI=1S/C20H22N2O3/c1-25-20(24)16-8-10-17(11-9-16)21-19(23)12-14-22-13-4-6-15-5-2-3-7-18(15)22/h2-3,5,7-11H,4,6,12-14H2,1H3,(H,21,23). The Bertz CT molecular complexity index is 756. The molecule has 0 bridgehead atoms. The zero-order valence-electron chi connectivity index (χ0n) is 14.3. The Morgan fingerprint density at radius 2 is 1.88 bits per heavy atom. The van der Waals surface area contributed by atoms with Crippen molar-refractivity contribution in [1.82, 2.24) is 0 Å². The van der Waals surface area contributed by atoms with Crippen LogP contribution in [0.25, 0.3) is 0 Å². The highest BCUT2D eigenvalue weighted by molar-refractivity contribution is 5.93. The van der Waals surface area contributed by atoms with E-state index in [4.69, 9.17) is 0 Å². The smallest absolute Gasteiger partial charge is 0.337 e. The number of carbonyl (C=O) groups excluding carboxylic acids is 2. The summed E-state index contributed by atoms with van der Waals surface area (Å²) in [5.41, 5.74) is 3.73. The third-order valence-electron chi connectivity index (χ3n) is 4.40. The highest BCUT2D eigenvalue weighted by Crippen LogP contribution is 2.26. The molecule has 0 spiro atoms. The highest BCUT2D eigenvalue weighted by atomic mass is 16.5. The molecular weight excluding hydrogens is 316 g/mol. The maximum atomic E-state index is 12.2. The van der Waals surface area contributed by atoms with E-state index in [0.717, 1.165) is 19.4 Å². The monoisotopic (exact) mass is 338 g/mol. The van der Waals surface area contributed by atoms with Crippen LogP contribution in [-0.2, 0) is 16.0 Å². The average Bonchev–Trinajstić information content (AvgIpc) is 2.66. The Balaban J connectivity index is 1.54. The van der Waals surface area contributed by atoms with Gasteiger partial charge in [0, 0.05) is 30.9 Å². The highest BCUT2D eigenvalue weighted by Gasteiger charge is 2.17. The van der Waals surface area contributed by atoms with E-state index in [9.17, 15) is 9.59 Å². The second-order valence-electron chi connectivity index (χ2n) is 6.09. The number of amides is 1. The number of methoxy groups -OCH3 is 1. The van der Waals surface area contributed by atoms with Gasteiger partial charge in [0.1, 0.15) is 0 Å². The molecule has 3 rings (SSSR count). The fourth-order valence-electron chi connectivity index (χ4n) is 3.11. The third-order valence-corrected chi connectivity index (χ3v) is 4.40. The first-order chi connectivity index (χ1) is 12.2. The molecule has 2 aromatic rings. The first-order valence-corrected chi connectivity index (χ1v) is 8.48. The number of aryl methyl sites for hydroxylation is 1. The molecule has 0 saturated heterocycles. The number of fused-ring (bicyclic) bond motifs is 1. The van der Waals surface area contributed by atoms with Gasteiger partial charge < -0.3 is 15.0 Å². The van der Waals surface area contributed by atoms with E-state index >= 15 is 0 Å². The molecule has 0 aliphatic carbocycles. The van der Waals surface area contributed by atoms with Crippen LogP contribution in [0, 0.1) is 0 Å². The van der Waals surface area contributed by atoms with E-state index in [1.165, 1.54) is 18.4 Å². The molecule has 0 saturated carbocycles. The van der Waals surface area contributed by atoms with Gasteiger partial charge >= 0.3 is 5.97 Å². The lowest BCUT2D eigenvalue weighted by molar-refractivity contribution is -0.116. The minimum absolute atomic E-state index is 0.0335. The molecule has 0 fully saturated rings. The van der Waals surface area contributed by atoms with E-state index in [1.807, 2.05) is 6.07 Å². The molecule has 130 valence electrons. The van der Waals surface area contributed by atoms with E-state index in [1.54, 1.807) is 24.3 Å². The minimum atomic E-state index is -0.387. The molecule has 1 amide bonds. The lowest BCUT2D eigenvalue weighted by Crippen LogP contribution is -2.32. The van der Waals surface area contributed by atoms with Gasteiger partial charge in [0.25, 0.3) is 0 Å². The average molecular weight is 338 g/mol. The van der Waals surface area contributed by atoms with Crippen molar-refractivity contribution in [2.24, 2.45) is 0 Å². The number of nitrogens with one attached hydrogen (secondary N) is 1. The number of hydrogen-bond acceptors (Lipinski definition) is 4. The summed E-state index contributed by atoms with van der Waals surface area (Å²) in [7, 11) is 1.34. The topological polar surface area (TPSA) is 58.6 Å². The molecule has 1 aliphatic rings. The molecule has 2 aromatic carbocycles. The minimum Gasteiger partial charge on any atom is -0.465 e. The summed E-state index contributed by atoms with van der Waals surface area (Å²) in [6.45, 7) is 1.68.